The van der Waals surface area contributed by atoms with Gasteiger partial charge in [-0.25, -0.2) is 12.8 Å². The molecule has 0 saturated carbocycles. The first kappa shape index (κ1) is 22.2. The summed E-state index contributed by atoms with van der Waals surface area (Å²) in [6, 6.07) is 17.2. The van der Waals surface area contributed by atoms with Crippen LogP contribution in [0.15, 0.2) is 77.7 Å². The highest BCUT2D eigenvalue weighted by molar-refractivity contribution is 7.89. The van der Waals surface area contributed by atoms with Crippen molar-refractivity contribution in [3.63, 3.8) is 0 Å². The fourth-order valence-corrected chi connectivity index (χ4v) is 4.71. The van der Waals surface area contributed by atoms with E-state index in [0.717, 1.165) is 0 Å². The van der Waals surface area contributed by atoms with Crippen LogP contribution in [0.1, 0.15) is 5.56 Å². The summed E-state index contributed by atoms with van der Waals surface area (Å²) in [7, 11) is -4.20. The van der Waals surface area contributed by atoms with E-state index in [1.165, 1.54) is 36.4 Å². The molecule has 0 saturated heterocycles. The number of nitrogens with one attached hydrogen (secondary N) is 2. The van der Waals surface area contributed by atoms with E-state index in [0.29, 0.717) is 5.56 Å². The molecule has 0 aliphatic rings. The van der Waals surface area contributed by atoms with Crippen LogP contribution >= 0.6 is 23.2 Å². The SMILES string of the molecule is O=C(Nc1ccccc1F)[C@H](Cc1ccccc1)NS(=O)(=O)c1cc(Cl)ccc1Cl. The van der Waals surface area contributed by atoms with Gasteiger partial charge < -0.3 is 5.32 Å². The van der Waals surface area contributed by atoms with Crippen molar-refractivity contribution in [2.24, 2.45) is 0 Å². The third kappa shape index (κ3) is 5.58. The zero-order valence-electron chi connectivity index (χ0n) is 15.5. The molecule has 5 nitrogen and oxygen atoms in total. The van der Waals surface area contributed by atoms with E-state index in [9.17, 15) is 17.6 Å². The molecule has 30 heavy (non-hydrogen) atoms. The summed E-state index contributed by atoms with van der Waals surface area (Å²) in [6.07, 6.45) is 0.0402. The lowest BCUT2D eigenvalue weighted by Gasteiger charge is -2.19. The predicted molar refractivity (Wildman–Crippen MR) is 116 cm³/mol. The van der Waals surface area contributed by atoms with Crippen LogP contribution in [0.25, 0.3) is 0 Å². The average Bonchev–Trinajstić information content (AvgIpc) is 2.71. The van der Waals surface area contributed by atoms with Gasteiger partial charge in [-0.1, -0.05) is 65.7 Å². The molecule has 2 N–H and O–H groups in total. The van der Waals surface area contributed by atoms with E-state index in [1.54, 1.807) is 36.4 Å². The molecule has 0 radical (unpaired) electrons. The fourth-order valence-electron chi connectivity index (χ4n) is 2.75. The van der Waals surface area contributed by atoms with E-state index in [4.69, 9.17) is 23.2 Å². The van der Waals surface area contributed by atoms with Crippen molar-refractivity contribution in [3.8, 4) is 0 Å². The lowest BCUT2D eigenvalue weighted by atomic mass is 10.1. The van der Waals surface area contributed by atoms with Gasteiger partial charge in [-0.2, -0.15) is 4.72 Å². The normalized spacial score (nSPS) is 12.4. The zero-order chi connectivity index (χ0) is 21.7. The minimum Gasteiger partial charge on any atom is -0.322 e. The van der Waals surface area contributed by atoms with Crippen LogP contribution in [0.4, 0.5) is 10.1 Å². The molecule has 0 aliphatic carbocycles. The summed E-state index contributed by atoms with van der Waals surface area (Å²) in [5.74, 6) is -1.35. The van der Waals surface area contributed by atoms with Gasteiger partial charge in [-0.15, -0.1) is 0 Å². The maximum atomic E-state index is 14.0. The minimum absolute atomic E-state index is 0.0402. The third-order valence-electron chi connectivity index (χ3n) is 4.21. The van der Waals surface area contributed by atoms with Crippen molar-refractivity contribution in [2.45, 2.75) is 17.4 Å². The van der Waals surface area contributed by atoms with Crippen molar-refractivity contribution >= 4 is 44.8 Å². The molecule has 0 fully saturated rings. The van der Waals surface area contributed by atoms with Crippen LogP contribution in [-0.4, -0.2) is 20.4 Å². The summed E-state index contributed by atoms with van der Waals surface area (Å²) >= 11 is 11.9. The quantitative estimate of drug-likeness (QED) is 0.531. The van der Waals surface area contributed by atoms with Crippen molar-refractivity contribution in [1.29, 1.82) is 0 Å². The second-order valence-electron chi connectivity index (χ2n) is 6.41. The van der Waals surface area contributed by atoms with Gasteiger partial charge in [-0.05, 0) is 42.3 Å². The number of hydrogen-bond donors (Lipinski definition) is 2. The number of halogens is 3. The maximum Gasteiger partial charge on any atom is 0.242 e. The molecule has 0 spiro atoms. The topological polar surface area (TPSA) is 75.3 Å². The molecule has 3 rings (SSSR count). The number of sulfonamides is 1. The summed E-state index contributed by atoms with van der Waals surface area (Å²) in [6.45, 7) is 0. The van der Waals surface area contributed by atoms with Crippen LogP contribution in [0.2, 0.25) is 10.0 Å². The van der Waals surface area contributed by atoms with Gasteiger partial charge in [0.05, 0.1) is 10.7 Å². The van der Waals surface area contributed by atoms with E-state index >= 15 is 0 Å². The number of carbonyl (C=O) groups excluding carboxylic acids is 1. The second-order valence-corrected chi connectivity index (χ2v) is 8.93. The Hall–Kier alpha value is -2.45. The first-order valence-corrected chi connectivity index (χ1v) is 11.1. The average molecular weight is 467 g/mol. The highest BCUT2D eigenvalue weighted by Crippen LogP contribution is 2.25. The van der Waals surface area contributed by atoms with Crippen LogP contribution in [0, 0.1) is 5.82 Å². The molecular formula is C21H17Cl2FN2O3S. The van der Waals surface area contributed by atoms with Crippen LogP contribution in [-0.2, 0) is 21.2 Å². The Morgan fingerprint density at radius 3 is 2.33 bits per heavy atom. The van der Waals surface area contributed by atoms with E-state index in [2.05, 4.69) is 10.0 Å². The lowest BCUT2D eigenvalue weighted by molar-refractivity contribution is -0.117. The molecule has 0 unspecified atom stereocenters. The van der Waals surface area contributed by atoms with Crippen LogP contribution in [0.5, 0.6) is 0 Å². The molecule has 0 aliphatic heterocycles. The van der Waals surface area contributed by atoms with Gasteiger partial charge in [0.1, 0.15) is 16.8 Å². The Morgan fingerprint density at radius 2 is 1.63 bits per heavy atom. The number of rotatable bonds is 7. The molecule has 3 aromatic carbocycles. The Kier molecular flexibility index (Phi) is 7.10. The van der Waals surface area contributed by atoms with Crippen LogP contribution < -0.4 is 10.0 Å². The molecule has 9 heteroatoms. The summed E-state index contributed by atoms with van der Waals surface area (Å²) < 4.78 is 42.2. The lowest BCUT2D eigenvalue weighted by Crippen LogP contribution is -2.45. The Bertz CT molecular complexity index is 1160. The molecule has 1 amide bonds. The van der Waals surface area contributed by atoms with Crippen molar-refractivity contribution in [3.05, 3.63) is 94.2 Å². The Labute approximate surface area is 183 Å². The summed E-state index contributed by atoms with van der Waals surface area (Å²) in [5.41, 5.74) is 0.659. The number of hydrogen-bond acceptors (Lipinski definition) is 3. The van der Waals surface area contributed by atoms with Gasteiger partial charge >= 0.3 is 0 Å². The van der Waals surface area contributed by atoms with Crippen molar-refractivity contribution in [1.82, 2.24) is 4.72 Å². The number of para-hydroxylation sites is 1. The van der Waals surface area contributed by atoms with Gasteiger partial charge in [0.25, 0.3) is 0 Å². The molecule has 0 aromatic heterocycles. The van der Waals surface area contributed by atoms with Gasteiger partial charge in [0.2, 0.25) is 15.9 Å². The number of anilines is 1. The third-order valence-corrected chi connectivity index (χ3v) is 6.40. The molecule has 156 valence electrons. The smallest absolute Gasteiger partial charge is 0.242 e. The Morgan fingerprint density at radius 1 is 0.967 bits per heavy atom. The first-order valence-electron chi connectivity index (χ1n) is 8.83. The van der Waals surface area contributed by atoms with Crippen LogP contribution in [0.3, 0.4) is 0 Å². The number of carbonyl (C=O) groups is 1. The predicted octanol–water partition coefficient (Wildman–Crippen LogP) is 4.66. The monoisotopic (exact) mass is 466 g/mol. The minimum atomic E-state index is -4.20. The Balaban J connectivity index is 1.91. The largest absolute Gasteiger partial charge is 0.322 e. The van der Waals surface area contributed by atoms with Gasteiger partial charge in [0.15, 0.2) is 0 Å². The molecule has 0 heterocycles. The molecule has 1 atom stereocenters. The van der Waals surface area contributed by atoms with Crippen molar-refractivity contribution < 1.29 is 17.6 Å². The highest BCUT2D eigenvalue weighted by Gasteiger charge is 2.28. The van der Waals surface area contributed by atoms with Gasteiger partial charge in [-0.3, -0.25) is 4.79 Å². The molecular weight excluding hydrogens is 450 g/mol. The van der Waals surface area contributed by atoms with Gasteiger partial charge in [0, 0.05) is 5.02 Å². The number of amides is 1. The first-order chi connectivity index (χ1) is 14.3. The highest BCUT2D eigenvalue weighted by atomic mass is 35.5. The zero-order valence-corrected chi connectivity index (χ0v) is 17.8. The number of benzene rings is 3. The molecule has 0 bridgehead atoms. The molecule has 3 aromatic rings. The van der Waals surface area contributed by atoms with E-state index < -0.39 is 27.8 Å². The standard InChI is InChI=1S/C21H17Cl2FN2O3S/c22-15-10-11-16(23)20(13-15)30(28,29)26-19(12-14-6-2-1-3-7-14)21(27)25-18-9-5-4-8-17(18)24/h1-11,13,19,26H,12H2,(H,25,27)/t19-/m0/s1. The summed E-state index contributed by atoms with van der Waals surface area (Å²) in [5, 5.41) is 2.56. The van der Waals surface area contributed by atoms with Crippen molar-refractivity contribution in [2.75, 3.05) is 5.32 Å². The summed E-state index contributed by atoms with van der Waals surface area (Å²) in [4.78, 5) is 12.6. The maximum absolute atomic E-state index is 14.0. The van der Waals surface area contributed by atoms with E-state index in [-0.39, 0.29) is 27.0 Å². The fraction of sp³-hybridized carbons (Fsp3) is 0.0952. The van der Waals surface area contributed by atoms with E-state index in [1.807, 2.05) is 0 Å². The second kappa shape index (κ2) is 9.57.